The molecular weight excluding hydrogens is 412 g/mol. The summed E-state index contributed by atoms with van der Waals surface area (Å²) >= 11 is 0. The summed E-state index contributed by atoms with van der Waals surface area (Å²) in [6, 6.07) is 5.18. The number of rotatable bonds is 8. The van der Waals surface area contributed by atoms with Crippen molar-refractivity contribution in [1.29, 1.82) is 0 Å². The Kier molecular flexibility index (Phi) is 7.16. The number of aryl methyl sites for hydroxylation is 1. The van der Waals surface area contributed by atoms with Crippen LogP contribution in [0.4, 0.5) is 0 Å². The van der Waals surface area contributed by atoms with Crippen LogP contribution in [0.1, 0.15) is 56.3 Å². The molecule has 0 aliphatic rings. The van der Waals surface area contributed by atoms with Crippen LogP contribution in [-0.4, -0.2) is 50.9 Å². The first-order valence-corrected chi connectivity index (χ1v) is 10.6. The highest BCUT2D eigenvalue weighted by molar-refractivity contribution is 7.89. The van der Waals surface area contributed by atoms with E-state index in [9.17, 15) is 22.8 Å². The summed E-state index contributed by atoms with van der Waals surface area (Å²) < 4.78 is 36.2. The van der Waals surface area contributed by atoms with E-state index in [-0.39, 0.29) is 28.3 Å². The molecule has 1 aromatic heterocycles. The van der Waals surface area contributed by atoms with E-state index in [1.165, 1.54) is 38.3 Å². The van der Waals surface area contributed by atoms with Crippen molar-refractivity contribution in [2.24, 2.45) is 0 Å². The fourth-order valence-electron chi connectivity index (χ4n) is 2.93. The van der Waals surface area contributed by atoms with Gasteiger partial charge in [0.25, 0.3) is 0 Å². The molecule has 2 rings (SSSR count). The number of nitrogens with one attached hydrogen (secondary N) is 2. The molecule has 0 saturated heterocycles. The molecule has 10 heteroatoms. The Bertz CT molecular complexity index is 1070. The molecule has 1 unspecified atom stereocenters. The van der Waals surface area contributed by atoms with Gasteiger partial charge in [-0.3, -0.25) is 4.79 Å². The minimum Gasteiger partial charge on any atom is -0.465 e. The first-order chi connectivity index (χ1) is 14.0. The van der Waals surface area contributed by atoms with Crippen LogP contribution in [-0.2, 0) is 19.5 Å². The number of carbonyl (C=O) groups is 3. The number of hydrogen-bond acceptors (Lipinski definition) is 7. The molecule has 0 saturated carbocycles. The van der Waals surface area contributed by atoms with E-state index < -0.39 is 33.8 Å². The molecule has 0 radical (unpaired) electrons. The minimum atomic E-state index is -3.64. The number of aromatic amines is 1. The zero-order valence-corrected chi connectivity index (χ0v) is 18.2. The maximum absolute atomic E-state index is 12.7. The number of carbonyl (C=O) groups excluding carboxylic acids is 3. The van der Waals surface area contributed by atoms with Gasteiger partial charge in [0, 0.05) is 12.2 Å². The van der Waals surface area contributed by atoms with Crippen molar-refractivity contribution < 1.29 is 32.3 Å². The summed E-state index contributed by atoms with van der Waals surface area (Å²) in [4.78, 5) is 39.8. The molecule has 30 heavy (non-hydrogen) atoms. The minimum absolute atomic E-state index is 0.0119. The average molecular weight is 436 g/mol. The monoisotopic (exact) mass is 436 g/mol. The van der Waals surface area contributed by atoms with Crippen LogP contribution in [0.25, 0.3) is 0 Å². The molecule has 0 aliphatic heterocycles. The molecule has 2 N–H and O–H groups in total. The lowest BCUT2D eigenvalue weighted by atomic mass is 10.1. The van der Waals surface area contributed by atoms with Crippen LogP contribution < -0.4 is 4.72 Å². The molecule has 9 nitrogen and oxygen atoms in total. The van der Waals surface area contributed by atoms with E-state index in [1.807, 2.05) is 0 Å². The fourth-order valence-corrected chi connectivity index (χ4v) is 3.97. The standard InChI is InChI=1S/C20H24N2O7S/c1-6-21-30(26,27)15-9-7-14(8-10-15)19(24)29-13(4)18(23)17-11(2)16(12(3)22-17)20(25)28-5/h7-10,13,21-22H,6H2,1-5H3. The molecule has 1 heterocycles. The van der Waals surface area contributed by atoms with Crippen molar-refractivity contribution in [3.63, 3.8) is 0 Å². The molecule has 0 spiro atoms. The van der Waals surface area contributed by atoms with E-state index in [0.717, 1.165) is 0 Å². The summed E-state index contributed by atoms with van der Waals surface area (Å²) in [5.74, 6) is -1.86. The first-order valence-electron chi connectivity index (χ1n) is 9.15. The predicted octanol–water partition coefficient (Wildman–Crippen LogP) is 2.14. The normalized spacial score (nSPS) is 12.3. The second kappa shape index (κ2) is 9.23. The van der Waals surface area contributed by atoms with Gasteiger partial charge in [-0.2, -0.15) is 0 Å². The van der Waals surface area contributed by atoms with E-state index in [2.05, 4.69) is 9.71 Å². The lowest BCUT2D eigenvalue weighted by Crippen LogP contribution is -2.25. The number of hydrogen-bond donors (Lipinski definition) is 2. The molecular formula is C20H24N2O7S. The van der Waals surface area contributed by atoms with Gasteiger partial charge in [-0.25, -0.2) is 22.7 Å². The second-order valence-electron chi connectivity index (χ2n) is 6.55. The Labute approximate surface area is 174 Å². The Morgan fingerprint density at radius 2 is 1.70 bits per heavy atom. The van der Waals surface area contributed by atoms with Crippen molar-refractivity contribution in [3.05, 3.63) is 52.3 Å². The zero-order chi connectivity index (χ0) is 22.6. The van der Waals surface area contributed by atoms with Crippen molar-refractivity contribution >= 4 is 27.7 Å². The van der Waals surface area contributed by atoms with Crippen LogP contribution in [0.15, 0.2) is 29.2 Å². The van der Waals surface area contributed by atoms with Gasteiger partial charge in [0.2, 0.25) is 15.8 Å². The average Bonchev–Trinajstić information content (AvgIpc) is 3.00. The van der Waals surface area contributed by atoms with E-state index >= 15 is 0 Å². The van der Waals surface area contributed by atoms with Gasteiger partial charge in [0.05, 0.1) is 28.8 Å². The first kappa shape index (κ1) is 23.3. The third kappa shape index (κ3) is 4.77. The number of sulfonamides is 1. The number of benzene rings is 1. The summed E-state index contributed by atoms with van der Waals surface area (Å²) in [5, 5.41) is 0. The number of ether oxygens (including phenoxy) is 2. The van der Waals surface area contributed by atoms with Gasteiger partial charge in [-0.05, 0) is 50.6 Å². The maximum atomic E-state index is 12.7. The molecule has 0 aliphatic carbocycles. The van der Waals surface area contributed by atoms with Gasteiger partial charge in [-0.1, -0.05) is 6.92 Å². The summed E-state index contributed by atoms with van der Waals surface area (Å²) in [6.07, 6.45) is -1.13. The Balaban J connectivity index is 2.16. The number of H-pyrrole nitrogens is 1. The topological polar surface area (TPSA) is 132 Å². The third-order valence-electron chi connectivity index (χ3n) is 4.46. The second-order valence-corrected chi connectivity index (χ2v) is 8.32. The van der Waals surface area contributed by atoms with Crippen LogP contribution in [0.2, 0.25) is 0 Å². The molecule has 0 fully saturated rings. The molecule has 0 amide bonds. The zero-order valence-electron chi connectivity index (χ0n) is 17.4. The van der Waals surface area contributed by atoms with Crippen LogP contribution in [0, 0.1) is 13.8 Å². The van der Waals surface area contributed by atoms with E-state index in [1.54, 1.807) is 20.8 Å². The van der Waals surface area contributed by atoms with Gasteiger partial charge >= 0.3 is 11.9 Å². The summed E-state index contributed by atoms with van der Waals surface area (Å²) in [5.41, 5.74) is 1.39. The van der Waals surface area contributed by atoms with Crippen molar-refractivity contribution in [3.8, 4) is 0 Å². The van der Waals surface area contributed by atoms with Gasteiger partial charge in [-0.15, -0.1) is 0 Å². The number of ketones is 1. The molecule has 0 bridgehead atoms. The lowest BCUT2D eigenvalue weighted by Gasteiger charge is -2.12. The highest BCUT2D eigenvalue weighted by Gasteiger charge is 2.27. The highest BCUT2D eigenvalue weighted by atomic mass is 32.2. The van der Waals surface area contributed by atoms with E-state index in [0.29, 0.717) is 11.3 Å². The quantitative estimate of drug-likeness (QED) is 0.479. The number of aromatic nitrogens is 1. The maximum Gasteiger partial charge on any atom is 0.339 e. The Morgan fingerprint density at radius 1 is 1.10 bits per heavy atom. The van der Waals surface area contributed by atoms with Crippen LogP contribution in [0.5, 0.6) is 0 Å². The smallest absolute Gasteiger partial charge is 0.339 e. The van der Waals surface area contributed by atoms with Gasteiger partial charge in [0.1, 0.15) is 0 Å². The van der Waals surface area contributed by atoms with Crippen LogP contribution in [0.3, 0.4) is 0 Å². The highest BCUT2D eigenvalue weighted by Crippen LogP contribution is 2.21. The number of Topliss-reactive ketones (excluding diaryl/α,β-unsaturated/α-hetero) is 1. The third-order valence-corrected chi connectivity index (χ3v) is 6.02. The number of methoxy groups -OCH3 is 1. The van der Waals surface area contributed by atoms with Crippen molar-refractivity contribution in [2.45, 2.75) is 38.7 Å². The molecule has 2 aromatic rings. The van der Waals surface area contributed by atoms with Crippen LogP contribution >= 0.6 is 0 Å². The lowest BCUT2D eigenvalue weighted by molar-refractivity contribution is 0.0316. The Morgan fingerprint density at radius 3 is 2.23 bits per heavy atom. The number of esters is 2. The molecule has 162 valence electrons. The predicted molar refractivity (Wildman–Crippen MR) is 108 cm³/mol. The fraction of sp³-hybridized carbons (Fsp3) is 0.350. The summed E-state index contributed by atoms with van der Waals surface area (Å²) in [6.45, 7) is 6.54. The molecule has 1 aromatic carbocycles. The van der Waals surface area contributed by atoms with Gasteiger partial charge in [0.15, 0.2) is 6.10 Å². The summed E-state index contributed by atoms with van der Waals surface area (Å²) in [7, 11) is -2.39. The van der Waals surface area contributed by atoms with Crippen molar-refractivity contribution in [1.82, 2.24) is 9.71 Å². The van der Waals surface area contributed by atoms with E-state index in [4.69, 9.17) is 9.47 Å². The SMILES string of the molecule is CCNS(=O)(=O)c1ccc(C(=O)OC(C)C(=O)c2[nH]c(C)c(C(=O)OC)c2C)cc1. The molecule has 1 atom stereocenters. The van der Waals surface area contributed by atoms with Gasteiger partial charge < -0.3 is 14.5 Å². The Hall–Kier alpha value is -2.98. The largest absolute Gasteiger partial charge is 0.465 e. The van der Waals surface area contributed by atoms with Crippen molar-refractivity contribution in [2.75, 3.05) is 13.7 Å².